The largest absolute Gasteiger partial charge is 0.383 e. The summed E-state index contributed by atoms with van der Waals surface area (Å²) in [5.41, 5.74) is 5.46. The Balaban J connectivity index is 3.85. The first-order chi connectivity index (χ1) is 8.26. The topological polar surface area (TPSA) is 64.8 Å². The molecule has 0 saturated carbocycles. The molecule has 0 fully saturated rings. The second kappa shape index (κ2) is 11.8. The summed E-state index contributed by atoms with van der Waals surface area (Å²) >= 11 is 0. The molecule has 0 saturated heterocycles. The number of nitrogens with zero attached hydrogens (tertiary/aromatic N) is 1. The Labute approximate surface area is 104 Å². The van der Waals surface area contributed by atoms with Gasteiger partial charge in [0.05, 0.1) is 6.61 Å². The molecule has 1 amide bonds. The minimum atomic E-state index is 0.162. The number of hydrogen-bond donors (Lipinski definition) is 1. The van der Waals surface area contributed by atoms with E-state index in [1.54, 1.807) is 7.11 Å². The Hall–Kier alpha value is -0.650. The highest BCUT2D eigenvalue weighted by Crippen LogP contribution is 2.00. The maximum atomic E-state index is 11.9. The summed E-state index contributed by atoms with van der Waals surface area (Å²) in [5.74, 6) is 0.162. The lowest BCUT2D eigenvalue weighted by Crippen LogP contribution is -2.35. The summed E-state index contributed by atoms with van der Waals surface area (Å²) in [4.78, 5) is 13.7. The van der Waals surface area contributed by atoms with E-state index in [0.29, 0.717) is 45.9 Å². The smallest absolute Gasteiger partial charge is 0.222 e. The standard InChI is InChI=1S/C12H26N2O3/c1-3-17-10-4-6-12(15)14(8-5-7-13)9-11-16-2/h3-11,13H2,1-2H3. The number of amides is 1. The van der Waals surface area contributed by atoms with Gasteiger partial charge < -0.3 is 20.1 Å². The Morgan fingerprint density at radius 1 is 1.24 bits per heavy atom. The second-order valence-electron chi connectivity index (χ2n) is 3.82. The molecule has 2 N–H and O–H groups in total. The molecule has 0 heterocycles. The minimum absolute atomic E-state index is 0.162. The molecule has 0 atom stereocenters. The van der Waals surface area contributed by atoms with E-state index in [4.69, 9.17) is 15.2 Å². The molecular weight excluding hydrogens is 220 g/mol. The average Bonchev–Trinajstić information content (AvgIpc) is 2.34. The summed E-state index contributed by atoms with van der Waals surface area (Å²) in [6.45, 7) is 5.84. The molecule has 17 heavy (non-hydrogen) atoms. The fourth-order valence-electron chi connectivity index (χ4n) is 1.47. The van der Waals surface area contributed by atoms with E-state index in [1.807, 2.05) is 11.8 Å². The third kappa shape index (κ3) is 9.09. The zero-order valence-electron chi connectivity index (χ0n) is 11.1. The van der Waals surface area contributed by atoms with Crippen LogP contribution in [0.2, 0.25) is 0 Å². The SMILES string of the molecule is CCOCCCC(=O)N(CCCN)CCOC. The molecule has 0 aromatic heterocycles. The number of nitrogens with two attached hydrogens (primary N) is 1. The number of carbonyl (C=O) groups is 1. The van der Waals surface area contributed by atoms with Crippen LogP contribution < -0.4 is 5.73 Å². The lowest BCUT2D eigenvalue weighted by molar-refractivity contribution is -0.132. The van der Waals surface area contributed by atoms with E-state index in [9.17, 15) is 4.79 Å². The molecule has 0 radical (unpaired) electrons. The molecule has 5 heteroatoms. The van der Waals surface area contributed by atoms with Crippen molar-refractivity contribution in [2.45, 2.75) is 26.2 Å². The van der Waals surface area contributed by atoms with Gasteiger partial charge >= 0.3 is 0 Å². The van der Waals surface area contributed by atoms with Crippen molar-refractivity contribution in [3.8, 4) is 0 Å². The van der Waals surface area contributed by atoms with E-state index in [1.165, 1.54) is 0 Å². The van der Waals surface area contributed by atoms with Crippen molar-refractivity contribution in [3.63, 3.8) is 0 Å². The van der Waals surface area contributed by atoms with E-state index in [-0.39, 0.29) is 5.91 Å². The fraction of sp³-hybridized carbons (Fsp3) is 0.917. The molecule has 102 valence electrons. The number of methoxy groups -OCH3 is 1. The second-order valence-corrected chi connectivity index (χ2v) is 3.82. The van der Waals surface area contributed by atoms with Crippen LogP contribution in [0.25, 0.3) is 0 Å². The molecule has 0 unspecified atom stereocenters. The molecule has 5 nitrogen and oxygen atoms in total. The lowest BCUT2D eigenvalue weighted by atomic mass is 10.2. The molecule has 0 aliphatic rings. The van der Waals surface area contributed by atoms with Crippen molar-refractivity contribution >= 4 is 5.91 Å². The molecule has 0 aliphatic heterocycles. The number of rotatable bonds is 11. The van der Waals surface area contributed by atoms with Crippen molar-refractivity contribution in [2.75, 3.05) is 46.6 Å². The molecular formula is C12H26N2O3. The highest BCUT2D eigenvalue weighted by molar-refractivity contribution is 5.76. The third-order valence-corrected chi connectivity index (χ3v) is 2.43. The van der Waals surface area contributed by atoms with Crippen molar-refractivity contribution in [1.29, 1.82) is 0 Å². The van der Waals surface area contributed by atoms with Crippen molar-refractivity contribution in [2.24, 2.45) is 5.73 Å². The number of hydrogen-bond acceptors (Lipinski definition) is 4. The molecule has 0 spiro atoms. The lowest BCUT2D eigenvalue weighted by Gasteiger charge is -2.22. The van der Waals surface area contributed by atoms with Gasteiger partial charge in [0.2, 0.25) is 5.91 Å². The van der Waals surface area contributed by atoms with Crippen LogP contribution >= 0.6 is 0 Å². The maximum Gasteiger partial charge on any atom is 0.222 e. The average molecular weight is 246 g/mol. The normalized spacial score (nSPS) is 10.5. The zero-order valence-corrected chi connectivity index (χ0v) is 11.1. The molecule has 0 bridgehead atoms. The Morgan fingerprint density at radius 2 is 2.00 bits per heavy atom. The van der Waals surface area contributed by atoms with Gasteiger partial charge in [0, 0.05) is 39.8 Å². The summed E-state index contributed by atoms with van der Waals surface area (Å²) in [7, 11) is 1.64. The molecule has 0 rings (SSSR count). The van der Waals surface area contributed by atoms with Gasteiger partial charge in [0.15, 0.2) is 0 Å². The van der Waals surface area contributed by atoms with Crippen molar-refractivity contribution in [1.82, 2.24) is 4.90 Å². The number of carbonyl (C=O) groups excluding carboxylic acids is 1. The quantitative estimate of drug-likeness (QED) is 0.543. The van der Waals surface area contributed by atoms with Gasteiger partial charge in [-0.25, -0.2) is 0 Å². The predicted molar refractivity (Wildman–Crippen MR) is 67.9 cm³/mol. The van der Waals surface area contributed by atoms with Gasteiger partial charge in [-0.1, -0.05) is 0 Å². The first-order valence-electron chi connectivity index (χ1n) is 6.30. The number of ether oxygens (including phenoxy) is 2. The highest BCUT2D eigenvalue weighted by atomic mass is 16.5. The van der Waals surface area contributed by atoms with Crippen LogP contribution in [-0.2, 0) is 14.3 Å². The van der Waals surface area contributed by atoms with Gasteiger partial charge in [0.25, 0.3) is 0 Å². The summed E-state index contributed by atoms with van der Waals surface area (Å²) in [5, 5.41) is 0. The van der Waals surface area contributed by atoms with Crippen LogP contribution in [0.15, 0.2) is 0 Å². The van der Waals surface area contributed by atoms with Gasteiger partial charge in [-0.2, -0.15) is 0 Å². The first-order valence-corrected chi connectivity index (χ1v) is 6.30. The van der Waals surface area contributed by atoms with Gasteiger partial charge in [-0.3, -0.25) is 4.79 Å². The molecule has 0 aromatic carbocycles. The summed E-state index contributed by atoms with van der Waals surface area (Å²) < 4.78 is 10.2. The van der Waals surface area contributed by atoms with Crippen LogP contribution in [-0.4, -0.2) is 57.4 Å². The predicted octanol–water partition coefficient (Wildman–Crippen LogP) is 0.627. The summed E-state index contributed by atoms with van der Waals surface area (Å²) in [6, 6.07) is 0. The summed E-state index contributed by atoms with van der Waals surface area (Å²) in [6.07, 6.45) is 2.15. The Bertz CT molecular complexity index is 181. The monoisotopic (exact) mass is 246 g/mol. The van der Waals surface area contributed by atoms with Gasteiger partial charge in [0.1, 0.15) is 0 Å². The third-order valence-electron chi connectivity index (χ3n) is 2.43. The van der Waals surface area contributed by atoms with Crippen LogP contribution in [0.1, 0.15) is 26.2 Å². The van der Waals surface area contributed by atoms with E-state index in [2.05, 4.69) is 0 Å². The Kier molecular flexibility index (Phi) is 11.4. The van der Waals surface area contributed by atoms with Crippen LogP contribution in [0.3, 0.4) is 0 Å². The van der Waals surface area contributed by atoms with Crippen molar-refractivity contribution < 1.29 is 14.3 Å². The van der Waals surface area contributed by atoms with Gasteiger partial charge in [-0.15, -0.1) is 0 Å². The molecule has 0 aliphatic carbocycles. The van der Waals surface area contributed by atoms with Crippen LogP contribution in [0.5, 0.6) is 0 Å². The maximum absolute atomic E-state index is 11.9. The minimum Gasteiger partial charge on any atom is -0.383 e. The van der Waals surface area contributed by atoms with Gasteiger partial charge in [-0.05, 0) is 26.3 Å². The molecule has 0 aromatic rings. The highest BCUT2D eigenvalue weighted by Gasteiger charge is 2.11. The zero-order chi connectivity index (χ0) is 12.9. The first kappa shape index (κ1) is 16.4. The van der Waals surface area contributed by atoms with E-state index in [0.717, 1.165) is 12.8 Å². The van der Waals surface area contributed by atoms with E-state index >= 15 is 0 Å². The van der Waals surface area contributed by atoms with Crippen LogP contribution in [0.4, 0.5) is 0 Å². The van der Waals surface area contributed by atoms with Crippen LogP contribution in [0, 0.1) is 0 Å². The Morgan fingerprint density at radius 3 is 2.59 bits per heavy atom. The van der Waals surface area contributed by atoms with E-state index < -0.39 is 0 Å². The van der Waals surface area contributed by atoms with Crippen molar-refractivity contribution in [3.05, 3.63) is 0 Å². The fourth-order valence-corrected chi connectivity index (χ4v) is 1.47.